The van der Waals surface area contributed by atoms with Crippen LogP contribution in [-0.2, 0) is 6.54 Å². The van der Waals surface area contributed by atoms with E-state index in [-0.39, 0.29) is 5.54 Å². The average molecular weight is 273 g/mol. The second kappa shape index (κ2) is 5.68. The van der Waals surface area contributed by atoms with Crippen LogP contribution in [0.5, 0.6) is 0 Å². The number of aryl methyl sites for hydroxylation is 1. The largest absolute Gasteiger partial charge is 0.304 e. The zero-order chi connectivity index (χ0) is 12.3. The number of hydrogen-bond donors (Lipinski definition) is 1. The van der Waals surface area contributed by atoms with Gasteiger partial charge in [-0.15, -0.1) is 22.9 Å². The van der Waals surface area contributed by atoms with Crippen molar-refractivity contribution < 1.29 is 0 Å². The molecule has 0 saturated heterocycles. The van der Waals surface area contributed by atoms with Gasteiger partial charge < -0.3 is 5.32 Å². The van der Waals surface area contributed by atoms with E-state index in [0.717, 1.165) is 23.2 Å². The molecule has 1 fully saturated rings. The number of thiazole rings is 1. The lowest BCUT2D eigenvalue weighted by Gasteiger charge is -2.38. The monoisotopic (exact) mass is 272 g/mol. The Morgan fingerprint density at radius 1 is 1.53 bits per heavy atom. The smallest absolute Gasteiger partial charge is 0.0897 e. The topological polar surface area (TPSA) is 24.9 Å². The van der Waals surface area contributed by atoms with Gasteiger partial charge in [-0.05, 0) is 38.5 Å². The lowest BCUT2D eigenvalue weighted by atomic mass is 9.78. The molecule has 1 heterocycles. The van der Waals surface area contributed by atoms with Crippen molar-refractivity contribution in [3.05, 3.63) is 16.1 Å². The number of hydrogen-bond acceptors (Lipinski definition) is 3. The van der Waals surface area contributed by atoms with Gasteiger partial charge in [-0.1, -0.05) is 6.92 Å². The summed E-state index contributed by atoms with van der Waals surface area (Å²) in [7, 11) is 0. The van der Waals surface area contributed by atoms with Crippen molar-refractivity contribution >= 4 is 22.9 Å². The fraction of sp³-hybridized carbons (Fsp3) is 0.769. The zero-order valence-corrected chi connectivity index (χ0v) is 12.2. The van der Waals surface area contributed by atoms with Crippen LogP contribution in [0.2, 0.25) is 0 Å². The van der Waals surface area contributed by atoms with Crippen molar-refractivity contribution in [1.82, 2.24) is 10.3 Å². The predicted octanol–water partition coefficient (Wildman–Crippen LogP) is 3.73. The Bertz CT molecular complexity index is 356. The highest BCUT2D eigenvalue weighted by atomic mass is 35.5. The van der Waals surface area contributed by atoms with E-state index < -0.39 is 0 Å². The summed E-state index contributed by atoms with van der Waals surface area (Å²) < 4.78 is 0. The molecule has 4 heteroatoms. The highest BCUT2D eigenvalue weighted by molar-refractivity contribution is 7.09. The Kier molecular flexibility index (Phi) is 4.45. The first-order valence-electron chi connectivity index (χ1n) is 6.35. The number of alkyl halides is 1. The summed E-state index contributed by atoms with van der Waals surface area (Å²) in [5.74, 6) is 1.57. The van der Waals surface area contributed by atoms with Gasteiger partial charge in [-0.2, -0.15) is 0 Å². The van der Waals surface area contributed by atoms with Gasteiger partial charge in [0.25, 0.3) is 0 Å². The maximum atomic E-state index is 6.18. The Hall–Kier alpha value is -0.120. The van der Waals surface area contributed by atoms with Gasteiger partial charge in [0.15, 0.2) is 0 Å². The van der Waals surface area contributed by atoms with Gasteiger partial charge in [0, 0.05) is 23.3 Å². The highest BCUT2D eigenvalue weighted by Crippen LogP contribution is 2.33. The summed E-state index contributed by atoms with van der Waals surface area (Å²) in [6.45, 7) is 5.24. The van der Waals surface area contributed by atoms with Crippen molar-refractivity contribution in [3.63, 3.8) is 0 Å². The molecule has 0 aromatic carbocycles. The molecule has 0 spiro atoms. The van der Waals surface area contributed by atoms with Gasteiger partial charge in [0.05, 0.1) is 10.7 Å². The van der Waals surface area contributed by atoms with Crippen molar-refractivity contribution in [2.45, 2.75) is 51.6 Å². The van der Waals surface area contributed by atoms with Crippen LogP contribution >= 0.6 is 22.9 Å². The molecule has 1 aliphatic rings. The molecule has 0 aliphatic heterocycles. The minimum atomic E-state index is 0.144. The van der Waals surface area contributed by atoms with E-state index in [4.69, 9.17) is 11.6 Å². The van der Waals surface area contributed by atoms with Crippen LogP contribution in [0.4, 0.5) is 0 Å². The lowest BCUT2D eigenvalue weighted by Crippen LogP contribution is -2.49. The molecule has 0 bridgehead atoms. The number of aromatic nitrogens is 1. The Balaban J connectivity index is 1.91. The van der Waals surface area contributed by atoms with Crippen molar-refractivity contribution in [2.75, 3.05) is 5.88 Å². The predicted molar refractivity (Wildman–Crippen MR) is 74.8 cm³/mol. The molecule has 0 atom stereocenters. The molecule has 1 aromatic rings. The molecule has 96 valence electrons. The van der Waals surface area contributed by atoms with E-state index in [2.05, 4.69) is 22.6 Å². The Labute approximate surface area is 113 Å². The standard InChI is InChI=1S/C13H21ClN2S/c1-10-3-5-13(9-14,6-4-10)15-7-12-8-17-11(2)16-12/h8,10,15H,3-7,9H2,1-2H3. The van der Waals surface area contributed by atoms with Crippen LogP contribution in [0.15, 0.2) is 5.38 Å². The average Bonchev–Trinajstić information content (AvgIpc) is 2.75. The summed E-state index contributed by atoms with van der Waals surface area (Å²) in [4.78, 5) is 4.49. The summed E-state index contributed by atoms with van der Waals surface area (Å²) in [5.41, 5.74) is 1.29. The van der Waals surface area contributed by atoms with Crippen LogP contribution in [0.1, 0.15) is 43.3 Å². The van der Waals surface area contributed by atoms with Crippen LogP contribution in [0, 0.1) is 12.8 Å². The summed E-state index contributed by atoms with van der Waals surface area (Å²) >= 11 is 7.89. The van der Waals surface area contributed by atoms with Gasteiger partial charge >= 0.3 is 0 Å². The van der Waals surface area contributed by atoms with E-state index in [0.29, 0.717) is 5.88 Å². The number of nitrogens with one attached hydrogen (secondary N) is 1. The molecule has 0 unspecified atom stereocenters. The molecule has 1 aliphatic carbocycles. The quantitative estimate of drug-likeness (QED) is 0.845. The van der Waals surface area contributed by atoms with Crippen LogP contribution in [0.25, 0.3) is 0 Å². The molecular weight excluding hydrogens is 252 g/mol. The van der Waals surface area contributed by atoms with Gasteiger partial charge in [0.1, 0.15) is 0 Å². The van der Waals surface area contributed by atoms with Crippen molar-refractivity contribution in [1.29, 1.82) is 0 Å². The van der Waals surface area contributed by atoms with E-state index in [1.54, 1.807) is 11.3 Å². The van der Waals surface area contributed by atoms with Gasteiger partial charge in [-0.3, -0.25) is 0 Å². The fourth-order valence-corrected chi connectivity index (χ4v) is 3.41. The van der Waals surface area contributed by atoms with Crippen LogP contribution in [-0.4, -0.2) is 16.4 Å². The third kappa shape index (κ3) is 3.43. The van der Waals surface area contributed by atoms with Crippen LogP contribution in [0.3, 0.4) is 0 Å². The molecule has 1 N–H and O–H groups in total. The first-order valence-corrected chi connectivity index (χ1v) is 7.77. The van der Waals surface area contributed by atoms with E-state index in [1.165, 1.54) is 25.7 Å². The number of rotatable bonds is 4. The maximum absolute atomic E-state index is 6.18. The molecule has 17 heavy (non-hydrogen) atoms. The first kappa shape index (κ1) is 13.3. The SMILES string of the molecule is Cc1nc(CNC2(CCl)CCC(C)CC2)cs1. The molecule has 2 nitrogen and oxygen atoms in total. The van der Waals surface area contributed by atoms with Gasteiger partial charge in [0.2, 0.25) is 0 Å². The number of nitrogens with zero attached hydrogens (tertiary/aromatic N) is 1. The number of halogens is 1. The molecule has 0 radical (unpaired) electrons. The van der Waals surface area contributed by atoms with Crippen molar-refractivity contribution in [2.24, 2.45) is 5.92 Å². The summed E-state index contributed by atoms with van der Waals surface area (Å²) in [6.07, 6.45) is 4.97. The highest BCUT2D eigenvalue weighted by Gasteiger charge is 2.32. The second-order valence-corrected chi connectivity index (χ2v) is 6.64. The van der Waals surface area contributed by atoms with Crippen LogP contribution < -0.4 is 5.32 Å². The molecule has 0 amide bonds. The Morgan fingerprint density at radius 3 is 2.76 bits per heavy atom. The fourth-order valence-electron chi connectivity index (χ4n) is 2.44. The van der Waals surface area contributed by atoms with E-state index >= 15 is 0 Å². The lowest BCUT2D eigenvalue weighted by molar-refractivity contribution is 0.215. The zero-order valence-electron chi connectivity index (χ0n) is 10.6. The molecule has 2 rings (SSSR count). The minimum absolute atomic E-state index is 0.144. The second-order valence-electron chi connectivity index (χ2n) is 5.31. The molecule has 1 aromatic heterocycles. The van der Waals surface area contributed by atoms with E-state index in [9.17, 15) is 0 Å². The summed E-state index contributed by atoms with van der Waals surface area (Å²) in [5, 5.41) is 6.92. The molecular formula is C13H21ClN2S. The molecule has 1 saturated carbocycles. The minimum Gasteiger partial charge on any atom is -0.304 e. The van der Waals surface area contributed by atoms with Gasteiger partial charge in [-0.25, -0.2) is 4.98 Å². The maximum Gasteiger partial charge on any atom is 0.0897 e. The third-order valence-electron chi connectivity index (χ3n) is 3.80. The first-order chi connectivity index (χ1) is 8.13. The Morgan fingerprint density at radius 2 is 2.24 bits per heavy atom. The normalized spacial score (nSPS) is 29.5. The van der Waals surface area contributed by atoms with Crippen molar-refractivity contribution in [3.8, 4) is 0 Å². The third-order valence-corrected chi connectivity index (χ3v) is 5.13. The summed E-state index contributed by atoms with van der Waals surface area (Å²) in [6, 6.07) is 0. The van der Waals surface area contributed by atoms with E-state index in [1.807, 2.05) is 6.92 Å².